The number of nitrogens with one attached hydrogen (secondary N) is 1. The number of amides is 4. The van der Waals surface area contributed by atoms with E-state index in [4.69, 9.17) is 16.1 Å². The van der Waals surface area contributed by atoms with E-state index in [1.165, 1.54) is 36.1 Å². The SMILES string of the molecule is CC(=O)[C@@H](C(=O)ON1C(=O)N(Cc2ccc(C)cc2)[C@](C)(c2ccc(CN=N)cc2)C1=O)N(C(=O)[C@@H](N)CC(=O)O)c1ccccc1. The van der Waals surface area contributed by atoms with Crippen LogP contribution < -0.4 is 10.6 Å². The van der Waals surface area contributed by atoms with Crippen molar-refractivity contribution >= 4 is 41.3 Å². The van der Waals surface area contributed by atoms with Crippen LogP contribution in [0, 0.1) is 12.5 Å². The van der Waals surface area contributed by atoms with Crippen LogP contribution in [0.4, 0.5) is 10.5 Å². The third kappa shape index (κ3) is 7.07. The first kappa shape index (κ1) is 34.1. The van der Waals surface area contributed by atoms with E-state index in [1.54, 1.807) is 42.5 Å². The van der Waals surface area contributed by atoms with Crippen molar-refractivity contribution in [3.05, 3.63) is 101 Å². The Hall–Kier alpha value is -5.76. The third-order valence-corrected chi connectivity index (χ3v) is 7.82. The second-order valence-electron chi connectivity index (χ2n) is 11.2. The Balaban J connectivity index is 1.74. The number of hydrogen-bond acceptors (Lipinski definition) is 10. The number of carbonyl (C=O) groups is 6. The number of carboxylic acid groups (broad SMARTS) is 1. The molecule has 1 fully saturated rings. The molecule has 4 N–H and O–H groups in total. The largest absolute Gasteiger partial charge is 0.481 e. The number of aliphatic carboxylic acids is 1. The molecule has 3 aromatic carbocycles. The van der Waals surface area contributed by atoms with Crippen molar-refractivity contribution in [1.82, 2.24) is 9.96 Å². The first-order valence-electron chi connectivity index (χ1n) is 14.5. The number of hydroxylamine groups is 2. The maximum Gasteiger partial charge on any atom is 0.363 e. The fourth-order valence-corrected chi connectivity index (χ4v) is 5.23. The number of carboxylic acids is 1. The summed E-state index contributed by atoms with van der Waals surface area (Å²) in [5.74, 6) is -5.73. The molecule has 4 amide bonds. The Morgan fingerprint density at radius 2 is 1.57 bits per heavy atom. The summed E-state index contributed by atoms with van der Waals surface area (Å²) in [7, 11) is 0. The number of ketones is 1. The number of nitrogens with zero attached hydrogens (tertiary/aromatic N) is 4. The van der Waals surface area contributed by atoms with E-state index in [2.05, 4.69) is 5.11 Å². The minimum absolute atomic E-state index is 0.0277. The van der Waals surface area contributed by atoms with Crippen LogP contribution in [0.2, 0.25) is 0 Å². The Bertz CT molecular complexity index is 1700. The molecule has 0 unspecified atom stereocenters. The van der Waals surface area contributed by atoms with Crippen molar-refractivity contribution in [3.8, 4) is 0 Å². The Labute approximate surface area is 270 Å². The summed E-state index contributed by atoms with van der Waals surface area (Å²) in [5.41, 5.74) is 14.0. The lowest BCUT2D eigenvalue weighted by Crippen LogP contribution is -2.56. The normalized spacial score (nSPS) is 17.2. The number of nitrogens with two attached hydrogens (primary N) is 1. The molecule has 4 rings (SSSR count). The van der Waals surface area contributed by atoms with Crippen LogP contribution in [0.3, 0.4) is 0 Å². The standard InChI is InChI=1S/C33H34N6O8/c1-20-9-11-23(12-10-20)19-37-32(46)39(31(45)33(37,3)24-15-13-22(14-16-24)18-36-35)47-30(44)28(21(2)40)38(25-7-5-4-6-8-25)29(43)26(34)17-27(41)42/h4-16,26,28,35H,17-19,34H2,1-3H3,(H,41,42)/t26-,28-,33+/m0/s1. The molecule has 0 bridgehead atoms. The maximum absolute atomic E-state index is 14.1. The van der Waals surface area contributed by atoms with Gasteiger partial charge in [-0.3, -0.25) is 29.0 Å². The van der Waals surface area contributed by atoms with Crippen LogP contribution in [0.1, 0.15) is 42.5 Å². The van der Waals surface area contributed by atoms with E-state index in [0.29, 0.717) is 21.6 Å². The van der Waals surface area contributed by atoms with Crippen LogP contribution in [-0.2, 0) is 47.4 Å². The summed E-state index contributed by atoms with van der Waals surface area (Å²) in [5, 5.41) is 12.8. The van der Waals surface area contributed by atoms with Gasteiger partial charge in [0.1, 0.15) is 5.54 Å². The second-order valence-corrected chi connectivity index (χ2v) is 11.2. The predicted molar refractivity (Wildman–Crippen MR) is 166 cm³/mol. The quantitative estimate of drug-likeness (QED) is 0.142. The van der Waals surface area contributed by atoms with Crippen LogP contribution in [0.5, 0.6) is 0 Å². The van der Waals surface area contributed by atoms with Crippen LogP contribution >= 0.6 is 0 Å². The average Bonchev–Trinajstić information content (AvgIpc) is 3.21. The Morgan fingerprint density at radius 1 is 0.979 bits per heavy atom. The van der Waals surface area contributed by atoms with E-state index in [9.17, 15) is 33.9 Å². The van der Waals surface area contributed by atoms with Gasteiger partial charge in [-0.25, -0.2) is 15.1 Å². The fraction of sp³-hybridized carbons (Fsp3) is 0.273. The summed E-state index contributed by atoms with van der Waals surface area (Å²) < 4.78 is 0. The zero-order chi connectivity index (χ0) is 34.5. The van der Waals surface area contributed by atoms with Gasteiger partial charge in [0.25, 0.3) is 5.91 Å². The van der Waals surface area contributed by atoms with Gasteiger partial charge >= 0.3 is 18.0 Å². The molecule has 0 aromatic heterocycles. The van der Waals surface area contributed by atoms with Gasteiger partial charge in [-0.2, -0.15) is 5.11 Å². The second kappa shape index (κ2) is 14.1. The average molecular weight is 643 g/mol. The summed E-state index contributed by atoms with van der Waals surface area (Å²) in [4.78, 5) is 86.9. The Kier molecular flexibility index (Phi) is 10.3. The molecule has 244 valence electrons. The van der Waals surface area contributed by atoms with Crippen molar-refractivity contribution < 1.29 is 38.7 Å². The summed E-state index contributed by atoms with van der Waals surface area (Å²) in [6.45, 7) is 4.44. The molecular formula is C33H34N6O8. The van der Waals surface area contributed by atoms with Crippen molar-refractivity contribution in [2.45, 2.75) is 57.9 Å². The molecule has 14 heteroatoms. The number of carbonyl (C=O) groups excluding carboxylic acids is 5. The lowest BCUT2D eigenvalue weighted by Gasteiger charge is -2.32. The maximum atomic E-state index is 14.1. The number of anilines is 1. The highest BCUT2D eigenvalue weighted by atomic mass is 16.7. The van der Waals surface area contributed by atoms with E-state index in [1.807, 2.05) is 19.1 Å². The summed E-state index contributed by atoms with van der Waals surface area (Å²) in [6.07, 6.45) is -0.800. The molecule has 3 aromatic rings. The van der Waals surface area contributed by atoms with Crippen LogP contribution in [0.15, 0.2) is 84.0 Å². The molecule has 0 aliphatic carbocycles. The number of rotatable bonds is 13. The van der Waals surface area contributed by atoms with E-state index in [-0.39, 0.29) is 23.8 Å². The topological polar surface area (TPSA) is 204 Å². The van der Waals surface area contributed by atoms with Gasteiger partial charge in [0, 0.05) is 12.2 Å². The van der Waals surface area contributed by atoms with Gasteiger partial charge in [-0.15, -0.1) is 0 Å². The van der Waals surface area contributed by atoms with Gasteiger partial charge in [-0.1, -0.05) is 77.4 Å². The molecule has 1 heterocycles. The van der Waals surface area contributed by atoms with Gasteiger partial charge < -0.3 is 15.7 Å². The minimum atomic E-state index is -2.03. The van der Waals surface area contributed by atoms with Gasteiger partial charge in [0.15, 0.2) is 11.8 Å². The molecular weight excluding hydrogens is 608 g/mol. The monoisotopic (exact) mass is 642 g/mol. The van der Waals surface area contributed by atoms with Crippen molar-refractivity contribution in [1.29, 1.82) is 5.53 Å². The molecule has 1 aliphatic rings. The highest BCUT2D eigenvalue weighted by Crippen LogP contribution is 2.39. The third-order valence-electron chi connectivity index (χ3n) is 7.82. The van der Waals surface area contributed by atoms with Crippen LogP contribution in [0.25, 0.3) is 0 Å². The number of benzene rings is 3. The van der Waals surface area contributed by atoms with Crippen molar-refractivity contribution in [2.24, 2.45) is 10.8 Å². The van der Waals surface area contributed by atoms with E-state index >= 15 is 0 Å². The minimum Gasteiger partial charge on any atom is -0.481 e. The smallest absolute Gasteiger partial charge is 0.363 e. The number of aryl methyl sites for hydroxylation is 1. The van der Waals surface area contributed by atoms with Crippen molar-refractivity contribution in [3.63, 3.8) is 0 Å². The fourth-order valence-electron chi connectivity index (χ4n) is 5.23. The molecule has 0 saturated carbocycles. The molecule has 14 nitrogen and oxygen atoms in total. The van der Waals surface area contributed by atoms with Crippen molar-refractivity contribution in [2.75, 3.05) is 4.90 Å². The van der Waals surface area contributed by atoms with Gasteiger partial charge in [0.2, 0.25) is 5.91 Å². The van der Waals surface area contributed by atoms with Gasteiger partial charge in [0.05, 0.1) is 19.0 Å². The van der Waals surface area contributed by atoms with Crippen LogP contribution in [-0.4, -0.2) is 62.7 Å². The van der Waals surface area contributed by atoms with E-state index < -0.39 is 59.6 Å². The first-order valence-corrected chi connectivity index (χ1v) is 14.5. The lowest BCUT2D eigenvalue weighted by molar-refractivity contribution is -0.186. The zero-order valence-electron chi connectivity index (χ0n) is 26.0. The number of hydrogen-bond donors (Lipinski definition) is 3. The summed E-state index contributed by atoms with van der Waals surface area (Å²) in [6, 6.07) is 16.6. The molecule has 0 radical (unpaired) electrons. The highest BCUT2D eigenvalue weighted by Gasteiger charge is 2.58. The lowest BCUT2D eigenvalue weighted by atomic mass is 9.89. The number of Topliss-reactive ketones (excluding diaryl/α,β-unsaturated/α-hetero) is 1. The van der Waals surface area contributed by atoms with Gasteiger partial charge in [-0.05, 0) is 49.6 Å². The predicted octanol–water partition coefficient (Wildman–Crippen LogP) is 3.46. The number of urea groups is 1. The number of imide groups is 1. The van der Waals surface area contributed by atoms with E-state index in [0.717, 1.165) is 12.5 Å². The highest BCUT2D eigenvalue weighted by molar-refractivity contribution is 6.15. The molecule has 0 spiro atoms. The molecule has 1 saturated heterocycles. The molecule has 47 heavy (non-hydrogen) atoms. The first-order chi connectivity index (χ1) is 22.3. The molecule has 1 aliphatic heterocycles. The number of para-hydroxylation sites is 1. The summed E-state index contributed by atoms with van der Waals surface area (Å²) >= 11 is 0. The zero-order valence-corrected chi connectivity index (χ0v) is 26.0. The Morgan fingerprint density at radius 3 is 2.13 bits per heavy atom. The molecule has 3 atom stereocenters.